The van der Waals surface area contributed by atoms with Gasteiger partial charge < -0.3 is 127 Å². The van der Waals surface area contributed by atoms with Crippen molar-refractivity contribution in [1.82, 2.24) is 30.1 Å². The van der Waals surface area contributed by atoms with Crippen LogP contribution in [0.1, 0.15) is 64.4 Å². The molecule has 5 fully saturated rings. The second-order valence-corrected chi connectivity index (χ2v) is 30.8. The van der Waals surface area contributed by atoms with Crippen LogP contribution >= 0.6 is 15.9 Å². The molecule has 2 bridgehead atoms. The monoisotopic (exact) mass is 1670 g/mol. The molecule has 0 radical (unpaired) electrons. The third kappa shape index (κ3) is 17.2. The number of phenolic OH excluding ortho intramolecular Hbond substituents is 1. The van der Waals surface area contributed by atoms with Gasteiger partial charge in [-0.15, -0.1) is 5.10 Å². The van der Waals surface area contributed by atoms with Gasteiger partial charge in [0.05, 0.1) is 90.4 Å². The van der Waals surface area contributed by atoms with E-state index in [0.29, 0.717) is 46.2 Å². The maximum atomic E-state index is 14.5. The lowest BCUT2D eigenvalue weighted by Crippen LogP contribution is -2.76. The van der Waals surface area contributed by atoms with E-state index < -0.39 is 164 Å². The quantitative estimate of drug-likeness (QED) is 0.00774. The second kappa shape index (κ2) is 35.5. The Morgan fingerprint density at radius 1 is 0.770 bits per heavy atom. The van der Waals surface area contributed by atoms with Gasteiger partial charge in [-0.2, -0.15) is 0 Å². The summed E-state index contributed by atoms with van der Waals surface area (Å²) < 4.78 is 124. The van der Waals surface area contributed by atoms with E-state index in [1.54, 1.807) is 14.8 Å². The van der Waals surface area contributed by atoms with E-state index in [1.807, 2.05) is 6.07 Å². The molecule has 5 aromatic rings. The highest BCUT2D eigenvalue weighted by atomic mass is 79.9. The van der Waals surface area contributed by atoms with Crippen molar-refractivity contribution in [3.05, 3.63) is 93.8 Å². The summed E-state index contributed by atoms with van der Waals surface area (Å²) in [5, 5.41) is 106. The average Bonchev–Trinajstić information content (AvgIpc) is 1.49. The number of nitrogens with one attached hydrogen (secondary N) is 1. The third-order valence-electron chi connectivity index (χ3n) is 20.5. The number of carbonyl (C=O) groups is 6. The van der Waals surface area contributed by atoms with Crippen LogP contribution < -0.4 is 24.3 Å². The fourth-order valence-corrected chi connectivity index (χ4v) is 16.2. The van der Waals surface area contributed by atoms with Gasteiger partial charge in [0.1, 0.15) is 120 Å². The number of aromatic hydroxyl groups is 1. The summed E-state index contributed by atoms with van der Waals surface area (Å²) in [6.07, 6.45) is -18.7. The summed E-state index contributed by atoms with van der Waals surface area (Å²) in [4.78, 5) is 78.9. The number of hydrogen-bond donors (Lipinski definition) is 10. The number of alkyl halides is 1. The third-order valence-corrected chi connectivity index (χ3v) is 22.3. The van der Waals surface area contributed by atoms with Crippen molar-refractivity contribution in [2.75, 3.05) is 104 Å². The largest absolute Gasteiger partial charge is 0.507 e. The van der Waals surface area contributed by atoms with Gasteiger partial charge >= 0.3 is 24.1 Å². The number of sulfone groups is 1. The number of aryl methyl sites for hydroxylation is 1. The molecule has 5 saturated heterocycles. The predicted molar refractivity (Wildman–Crippen MR) is 386 cm³/mol. The Morgan fingerprint density at radius 3 is 2.00 bits per heavy atom. The van der Waals surface area contributed by atoms with Crippen LogP contribution in [-0.4, -0.2) is 312 Å². The number of aromatic nitrogens is 3. The SMILES string of the molecule is BC1CC(=O)N(CCOCCOCCOCCOCc2cn(-c3cc(COC(=O)NCC45OC6c7c(C)cc8c(OC)c9c(c(O)c8c7O[C@](OC)(C6O4)[C@]5(CBr)OCN(CCS(C)(=O)=O)C(=O)OCc4ccc(O[C@@H]5O[C@H](C(=O)O)[C@@H](O)[C@H](O)[C@H]5O)cc4)CCCC9)ccc3O[C@@H]3O[C@H](C(=O)O)[C@@H](O)[C@H](O)[C@H]3O)nn2)C1=O. The van der Waals surface area contributed by atoms with Crippen molar-refractivity contribution < 1.29 is 159 Å². The number of carbonyl (C=O) groups excluding carboxylic acids is 4. The molecule has 4 amide bonds. The number of carboxylic acids is 2. The Balaban J connectivity index is 0.763. The molecule has 12 rings (SSSR count). The van der Waals surface area contributed by atoms with Crippen LogP contribution in [0, 0.1) is 6.92 Å². The number of alkyl carbamates (subject to hydrolysis) is 1. The topological polar surface area (TPSA) is 516 Å². The smallest absolute Gasteiger partial charge is 0.411 e. The number of aliphatic hydroxyl groups excluding tert-OH is 6. The lowest BCUT2D eigenvalue weighted by molar-refractivity contribution is -0.360. The van der Waals surface area contributed by atoms with Crippen LogP contribution in [0.4, 0.5) is 9.59 Å². The molecule has 16 atom stereocenters. The highest BCUT2D eigenvalue weighted by Crippen LogP contribution is 2.68. The molecule has 10 N–H and O–H groups in total. The number of ether oxygens (including phenoxy) is 16. The number of aliphatic hydroxyl groups is 6. The van der Waals surface area contributed by atoms with E-state index in [4.69, 9.17) is 75.8 Å². The lowest BCUT2D eigenvalue weighted by Gasteiger charge is -2.55. The molecule has 6 aliphatic heterocycles. The van der Waals surface area contributed by atoms with Gasteiger partial charge in [0.15, 0.2) is 18.3 Å². The molecule has 4 aromatic carbocycles. The van der Waals surface area contributed by atoms with Crippen molar-refractivity contribution in [1.29, 1.82) is 0 Å². The molecule has 616 valence electrons. The fourth-order valence-electron chi connectivity index (χ4n) is 14.7. The number of methoxy groups -OCH3 is 2. The van der Waals surface area contributed by atoms with Crippen LogP contribution in [-0.2, 0) is 119 Å². The summed E-state index contributed by atoms with van der Waals surface area (Å²) >= 11 is 3.64. The van der Waals surface area contributed by atoms with Gasteiger partial charge in [0.25, 0.3) is 5.79 Å². The minimum absolute atomic E-state index is 0.00137. The van der Waals surface area contributed by atoms with Crippen molar-refractivity contribution in [2.24, 2.45) is 0 Å². The Morgan fingerprint density at radius 2 is 1.39 bits per heavy atom. The summed E-state index contributed by atoms with van der Waals surface area (Å²) in [6, 6.07) is 11.6. The molecule has 7 aliphatic rings. The zero-order valence-corrected chi connectivity index (χ0v) is 64.3. The second-order valence-electron chi connectivity index (χ2n) is 28.0. The normalized spacial score (nSPS) is 28.3. The van der Waals surface area contributed by atoms with Crippen molar-refractivity contribution >= 4 is 80.3 Å². The minimum Gasteiger partial charge on any atom is -0.507 e. The number of fused-ring (bicyclic) bond motifs is 6. The van der Waals surface area contributed by atoms with Gasteiger partial charge in [-0.1, -0.05) is 39.3 Å². The first kappa shape index (κ1) is 84.2. The van der Waals surface area contributed by atoms with Crippen LogP contribution in [0.2, 0.25) is 5.82 Å². The molecular weight excluding hydrogens is 1590 g/mol. The molecule has 1 aliphatic carbocycles. The summed E-state index contributed by atoms with van der Waals surface area (Å²) in [7, 11) is 0.715. The van der Waals surface area contributed by atoms with E-state index in [-0.39, 0.29) is 134 Å². The van der Waals surface area contributed by atoms with E-state index in [0.717, 1.165) is 29.6 Å². The molecule has 113 heavy (non-hydrogen) atoms. The standard InChI is InChI=1S/C71H88BBrN6O33S/c1-35-25-42-48(49(81)40-7-5-6-8-41(40)56(42)97-2)57-47(35)58-61-71(98-3,111-57)69(32-73,105-34-77(16-24-113(4,95)96)68(94)104-29-36-9-12-39(13-10-36)106-65-54(86)50(82)52(84)59(108-65)63(89)90)70(110-58,112-61)33-74-67(93)103-30-37-11-14-45(107-66-55(87)51(83)53(85)60(109-66)64(91)92)44(26-37)79-28-38(75-76-79)31-102-23-22-101-21-20-100-19-18-99-17-15-78-46(80)27-43(72)62(78)88/h9-14,25-26,28,43,50-55,58-61,65-66,81-87H,5-8,15-24,27,29-34,72H2,1-4H3,(H,74,93)(H,89,90)(H,91,92)/t43?,50-,51-,52-,53-,54+,55+,58?,59-,60-,61?,65+,66+,69+,70?,71+/m0/s1. The summed E-state index contributed by atoms with van der Waals surface area (Å²) in [5.41, 5.74) is 1.24. The van der Waals surface area contributed by atoms with E-state index in [1.165, 1.54) is 72.5 Å². The molecule has 4 unspecified atom stereocenters. The van der Waals surface area contributed by atoms with E-state index >= 15 is 0 Å². The molecule has 0 spiro atoms. The van der Waals surface area contributed by atoms with Crippen molar-refractivity contribution in [2.45, 2.75) is 155 Å². The number of nitrogens with zero attached hydrogens (tertiary/aromatic N) is 5. The van der Waals surface area contributed by atoms with Crippen molar-refractivity contribution in [3.63, 3.8) is 0 Å². The number of rotatable bonds is 36. The molecule has 42 heteroatoms. The minimum atomic E-state index is -3.83. The Hall–Kier alpha value is -8.25. The number of amides is 4. The first-order chi connectivity index (χ1) is 54.0. The zero-order chi connectivity index (χ0) is 81.0. The Kier molecular flexibility index (Phi) is 26.4. The molecule has 1 aromatic heterocycles. The number of carboxylic acid groups (broad SMARTS) is 2. The van der Waals surface area contributed by atoms with Crippen LogP contribution in [0.25, 0.3) is 16.5 Å². The van der Waals surface area contributed by atoms with Crippen LogP contribution in [0.5, 0.6) is 28.7 Å². The first-order valence-electron chi connectivity index (χ1n) is 36.1. The first-order valence-corrected chi connectivity index (χ1v) is 39.3. The molecular formula is C71H88BBrN6O33S. The lowest BCUT2D eigenvalue weighted by atomic mass is 9.76. The number of phenols is 1. The number of aliphatic carboxylic acids is 2. The van der Waals surface area contributed by atoms with Crippen LogP contribution in [0.15, 0.2) is 54.7 Å². The zero-order valence-electron chi connectivity index (χ0n) is 61.9. The highest BCUT2D eigenvalue weighted by Gasteiger charge is 2.86. The molecule has 0 saturated carbocycles. The van der Waals surface area contributed by atoms with Gasteiger partial charge in [0, 0.05) is 59.6 Å². The number of halogens is 1. The molecule has 7 heterocycles. The number of benzene rings is 4. The Bertz CT molecular complexity index is 4440. The Labute approximate surface area is 654 Å². The van der Waals surface area contributed by atoms with Crippen LogP contribution in [0.3, 0.4) is 0 Å². The highest BCUT2D eigenvalue weighted by molar-refractivity contribution is 9.09. The maximum absolute atomic E-state index is 14.5. The van der Waals surface area contributed by atoms with Gasteiger partial charge in [-0.05, 0) is 79.6 Å². The maximum Gasteiger partial charge on any atom is 0.411 e. The fraction of sp³-hybridized carbons (Fsp3) is 0.577. The molecule has 39 nitrogen and oxygen atoms in total. The van der Waals surface area contributed by atoms with E-state index in [9.17, 15) is 83.1 Å². The summed E-state index contributed by atoms with van der Waals surface area (Å²) in [6.45, 7) is 0.317. The number of hydrogen-bond acceptors (Lipinski definition) is 33. The van der Waals surface area contributed by atoms with Gasteiger partial charge in [-0.3, -0.25) is 19.4 Å². The number of likely N-dealkylation sites (tertiary alicyclic amines) is 1. The van der Waals surface area contributed by atoms with Crippen molar-refractivity contribution in [3.8, 4) is 34.4 Å². The predicted octanol–water partition coefficient (Wildman–Crippen LogP) is -0.770. The van der Waals surface area contributed by atoms with E-state index in [2.05, 4.69) is 31.6 Å². The average molecular weight is 1680 g/mol. The van der Waals surface area contributed by atoms with Gasteiger partial charge in [-0.25, -0.2) is 32.3 Å². The van der Waals surface area contributed by atoms with Gasteiger partial charge in [0.2, 0.25) is 35.8 Å². The number of imide groups is 1. The summed E-state index contributed by atoms with van der Waals surface area (Å²) in [5.74, 6) is -8.63.